The fourth-order valence-electron chi connectivity index (χ4n) is 3.20. The van der Waals surface area contributed by atoms with Crippen molar-refractivity contribution in [3.05, 3.63) is 66.1 Å². The van der Waals surface area contributed by atoms with E-state index in [0.29, 0.717) is 16.2 Å². The molecule has 7 nitrogen and oxygen atoms in total. The molecule has 30 heavy (non-hydrogen) atoms. The van der Waals surface area contributed by atoms with Gasteiger partial charge < -0.3 is 0 Å². The summed E-state index contributed by atoms with van der Waals surface area (Å²) in [5, 5.41) is 1.06. The Kier molecular flexibility index (Phi) is 5.23. The quantitative estimate of drug-likeness (QED) is 0.326. The molecule has 0 saturated heterocycles. The number of sulfone groups is 1. The van der Waals surface area contributed by atoms with Gasteiger partial charge in [-0.15, -0.1) is 0 Å². The van der Waals surface area contributed by atoms with Gasteiger partial charge in [-0.25, -0.2) is 13.4 Å². The minimum absolute atomic E-state index is 0.0236. The van der Waals surface area contributed by atoms with Gasteiger partial charge in [-0.1, -0.05) is 35.9 Å². The van der Waals surface area contributed by atoms with Crippen molar-refractivity contribution in [1.29, 1.82) is 0 Å². The highest BCUT2D eigenvalue weighted by Gasteiger charge is 2.26. The molecular formula is C20H15ClN2O5S2. The van der Waals surface area contributed by atoms with Crippen molar-refractivity contribution >= 4 is 53.1 Å². The summed E-state index contributed by atoms with van der Waals surface area (Å²) in [6.07, 6.45) is 3.05. The summed E-state index contributed by atoms with van der Waals surface area (Å²) in [5.74, 6) is 0. The highest BCUT2D eigenvalue weighted by molar-refractivity contribution is 7.91. The lowest BCUT2D eigenvalue weighted by Gasteiger charge is -2.12. The van der Waals surface area contributed by atoms with Crippen LogP contribution in [0, 0.1) is 0 Å². The SMILES string of the molecule is CCOS(=O)(=O)c1cccc2c(Cl)nc(S(=O)(=O)c3cccc4cnccc34)cc12. The van der Waals surface area contributed by atoms with Crippen molar-refractivity contribution in [3.8, 4) is 0 Å². The second-order valence-electron chi connectivity index (χ2n) is 6.32. The number of aromatic nitrogens is 2. The van der Waals surface area contributed by atoms with Gasteiger partial charge in [0.05, 0.1) is 11.5 Å². The molecule has 4 rings (SSSR count). The van der Waals surface area contributed by atoms with Crippen LogP contribution in [0.3, 0.4) is 0 Å². The van der Waals surface area contributed by atoms with Crippen LogP contribution in [-0.4, -0.2) is 33.4 Å². The molecular weight excluding hydrogens is 448 g/mol. The summed E-state index contributed by atoms with van der Waals surface area (Å²) in [5.41, 5.74) is 0. The molecule has 0 atom stereocenters. The van der Waals surface area contributed by atoms with Crippen molar-refractivity contribution in [2.24, 2.45) is 0 Å². The Labute approximate surface area is 178 Å². The van der Waals surface area contributed by atoms with Gasteiger partial charge in [-0.2, -0.15) is 8.42 Å². The smallest absolute Gasteiger partial charge is 0.267 e. The number of hydrogen-bond acceptors (Lipinski definition) is 7. The first kappa shape index (κ1) is 20.7. The monoisotopic (exact) mass is 462 g/mol. The average Bonchev–Trinajstić information content (AvgIpc) is 2.72. The number of benzene rings is 2. The van der Waals surface area contributed by atoms with Crippen molar-refractivity contribution in [3.63, 3.8) is 0 Å². The van der Waals surface area contributed by atoms with Crippen LogP contribution in [-0.2, 0) is 24.1 Å². The fraction of sp³-hybridized carbons (Fsp3) is 0.100. The van der Waals surface area contributed by atoms with E-state index in [1.54, 1.807) is 37.4 Å². The van der Waals surface area contributed by atoms with E-state index in [0.717, 1.165) is 0 Å². The van der Waals surface area contributed by atoms with E-state index in [-0.39, 0.29) is 32.0 Å². The molecule has 2 aromatic heterocycles. The normalized spacial score (nSPS) is 12.5. The topological polar surface area (TPSA) is 103 Å². The average molecular weight is 463 g/mol. The van der Waals surface area contributed by atoms with Gasteiger partial charge >= 0.3 is 0 Å². The van der Waals surface area contributed by atoms with Gasteiger partial charge in [-0.3, -0.25) is 9.17 Å². The van der Waals surface area contributed by atoms with Crippen molar-refractivity contribution in [2.45, 2.75) is 21.7 Å². The number of fused-ring (bicyclic) bond motifs is 2. The van der Waals surface area contributed by atoms with Crippen molar-refractivity contribution in [1.82, 2.24) is 9.97 Å². The van der Waals surface area contributed by atoms with Gasteiger partial charge in [0.25, 0.3) is 10.1 Å². The zero-order valence-electron chi connectivity index (χ0n) is 15.6. The van der Waals surface area contributed by atoms with E-state index in [1.807, 2.05) is 0 Å². The zero-order chi connectivity index (χ0) is 21.5. The first-order valence-corrected chi connectivity index (χ1v) is 12.1. The van der Waals surface area contributed by atoms with Crippen LogP contribution in [0.1, 0.15) is 6.92 Å². The summed E-state index contributed by atoms with van der Waals surface area (Å²) in [4.78, 5) is 7.91. The van der Waals surface area contributed by atoms with E-state index in [9.17, 15) is 16.8 Å². The lowest BCUT2D eigenvalue weighted by Crippen LogP contribution is -2.09. The molecule has 0 radical (unpaired) electrons. The Morgan fingerprint density at radius 2 is 1.67 bits per heavy atom. The van der Waals surface area contributed by atoms with Gasteiger partial charge in [-0.05, 0) is 31.2 Å². The summed E-state index contributed by atoms with van der Waals surface area (Å²) in [6, 6.07) is 12.0. The van der Waals surface area contributed by atoms with Crippen LogP contribution in [0.4, 0.5) is 0 Å². The maximum absolute atomic E-state index is 13.4. The Hall–Kier alpha value is -2.59. The molecule has 0 saturated carbocycles. The number of pyridine rings is 2. The minimum Gasteiger partial charge on any atom is -0.267 e. The highest BCUT2D eigenvalue weighted by Crippen LogP contribution is 2.33. The molecule has 0 spiro atoms. The second-order valence-corrected chi connectivity index (χ2v) is 10.1. The largest absolute Gasteiger partial charge is 0.297 e. The van der Waals surface area contributed by atoms with Gasteiger partial charge in [0.1, 0.15) is 10.0 Å². The third-order valence-electron chi connectivity index (χ3n) is 4.51. The number of rotatable bonds is 5. The molecule has 4 aromatic rings. The van der Waals surface area contributed by atoms with E-state index in [2.05, 4.69) is 9.97 Å². The van der Waals surface area contributed by atoms with Crippen LogP contribution < -0.4 is 0 Å². The summed E-state index contributed by atoms with van der Waals surface area (Å²) in [7, 11) is -8.22. The Balaban J connectivity index is 2.02. The Bertz CT molecular complexity index is 1500. The van der Waals surface area contributed by atoms with Crippen molar-refractivity contribution < 1.29 is 21.0 Å². The van der Waals surface area contributed by atoms with E-state index in [1.165, 1.54) is 30.5 Å². The zero-order valence-corrected chi connectivity index (χ0v) is 18.0. The number of hydrogen-bond donors (Lipinski definition) is 0. The maximum Gasteiger partial charge on any atom is 0.297 e. The Morgan fingerprint density at radius 1 is 0.933 bits per heavy atom. The highest BCUT2D eigenvalue weighted by atomic mass is 35.5. The van der Waals surface area contributed by atoms with E-state index >= 15 is 0 Å². The second kappa shape index (κ2) is 7.59. The van der Waals surface area contributed by atoms with E-state index < -0.39 is 20.0 Å². The molecule has 0 fully saturated rings. The van der Waals surface area contributed by atoms with Crippen molar-refractivity contribution in [2.75, 3.05) is 6.61 Å². The summed E-state index contributed by atoms with van der Waals surface area (Å²) < 4.78 is 56.7. The summed E-state index contributed by atoms with van der Waals surface area (Å²) >= 11 is 6.25. The van der Waals surface area contributed by atoms with Crippen LogP contribution in [0.25, 0.3) is 21.5 Å². The van der Waals surface area contributed by atoms with Crippen LogP contribution in [0.5, 0.6) is 0 Å². The maximum atomic E-state index is 13.4. The molecule has 0 aliphatic rings. The third-order valence-corrected chi connectivity index (χ3v) is 7.94. The first-order valence-electron chi connectivity index (χ1n) is 8.82. The molecule has 10 heteroatoms. The molecule has 0 aliphatic carbocycles. The molecule has 0 aliphatic heterocycles. The van der Waals surface area contributed by atoms with Crippen LogP contribution in [0.15, 0.2) is 75.7 Å². The molecule has 2 aromatic carbocycles. The molecule has 2 heterocycles. The van der Waals surface area contributed by atoms with E-state index in [4.69, 9.17) is 15.8 Å². The standard InChI is InChI=1S/C20H15ClN2O5S2/c1-2-28-30(26,27)18-8-4-6-15-16(18)11-19(23-20(15)21)29(24,25)17-7-3-5-13-12-22-10-9-14(13)17/h3-12H,2H2,1H3. The molecule has 0 amide bonds. The van der Waals surface area contributed by atoms with Gasteiger partial charge in [0.15, 0.2) is 5.03 Å². The third kappa shape index (κ3) is 3.43. The van der Waals surface area contributed by atoms with Crippen LogP contribution in [0.2, 0.25) is 5.15 Å². The first-order chi connectivity index (χ1) is 14.3. The lowest BCUT2D eigenvalue weighted by molar-refractivity contribution is 0.338. The Morgan fingerprint density at radius 3 is 2.43 bits per heavy atom. The molecule has 0 N–H and O–H groups in total. The van der Waals surface area contributed by atoms with Gasteiger partial charge in [0.2, 0.25) is 9.84 Å². The predicted octanol–water partition coefficient (Wildman–Crippen LogP) is 3.99. The predicted molar refractivity (Wildman–Crippen MR) is 113 cm³/mol. The summed E-state index contributed by atoms with van der Waals surface area (Å²) in [6.45, 7) is 1.48. The minimum atomic E-state index is -4.11. The fourth-order valence-corrected chi connectivity index (χ4v) is 6.07. The number of nitrogens with zero attached hydrogens (tertiary/aromatic N) is 2. The number of halogens is 1. The molecule has 154 valence electrons. The lowest BCUT2D eigenvalue weighted by atomic mass is 10.2. The molecule has 0 unspecified atom stereocenters. The van der Waals surface area contributed by atoms with Crippen LogP contribution >= 0.6 is 11.6 Å². The van der Waals surface area contributed by atoms with Gasteiger partial charge in [0, 0.05) is 33.9 Å². The molecule has 0 bridgehead atoms.